The lowest BCUT2D eigenvalue weighted by Gasteiger charge is -2.43. The number of thioether (sulfide) groups is 1. The van der Waals surface area contributed by atoms with E-state index < -0.39 is 0 Å². The number of aromatic nitrogens is 2. The van der Waals surface area contributed by atoms with Gasteiger partial charge in [0, 0.05) is 54.7 Å². The molecule has 27 heavy (non-hydrogen) atoms. The van der Waals surface area contributed by atoms with Crippen molar-refractivity contribution in [3.8, 4) is 11.4 Å². The third-order valence-electron chi connectivity index (χ3n) is 5.19. The molecule has 0 aliphatic carbocycles. The van der Waals surface area contributed by atoms with Gasteiger partial charge >= 0.3 is 0 Å². The molecule has 0 spiro atoms. The number of nitrogens with one attached hydrogen (secondary N) is 1. The van der Waals surface area contributed by atoms with Crippen LogP contribution in [0.15, 0.2) is 21.3 Å². The van der Waals surface area contributed by atoms with Crippen LogP contribution in [0.1, 0.15) is 18.7 Å². The van der Waals surface area contributed by atoms with Gasteiger partial charge in [-0.05, 0) is 23.6 Å². The highest BCUT2D eigenvalue weighted by molar-refractivity contribution is 7.99. The van der Waals surface area contributed by atoms with E-state index in [0.717, 1.165) is 49.8 Å². The molecule has 2 saturated heterocycles. The number of amides is 1. The Bertz CT molecular complexity index is 738. The average Bonchev–Trinajstić information content (AvgIpc) is 3.47. The van der Waals surface area contributed by atoms with E-state index in [-0.39, 0.29) is 11.4 Å². The predicted molar refractivity (Wildman–Crippen MR) is 106 cm³/mol. The molecular weight excluding hydrogens is 384 g/mol. The topological polar surface area (TPSA) is 80.5 Å². The molecule has 0 radical (unpaired) electrons. The van der Waals surface area contributed by atoms with Crippen molar-refractivity contribution < 1.29 is 14.1 Å². The zero-order chi connectivity index (χ0) is 18.5. The van der Waals surface area contributed by atoms with E-state index in [1.54, 1.807) is 11.3 Å². The summed E-state index contributed by atoms with van der Waals surface area (Å²) in [6.07, 6.45) is 1.94. The number of rotatable bonds is 7. The zero-order valence-corrected chi connectivity index (χ0v) is 16.8. The van der Waals surface area contributed by atoms with Gasteiger partial charge in [-0.15, -0.1) is 0 Å². The van der Waals surface area contributed by atoms with Gasteiger partial charge < -0.3 is 14.6 Å². The van der Waals surface area contributed by atoms with E-state index in [0.29, 0.717) is 31.1 Å². The monoisotopic (exact) mass is 408 g/mol. The molecule has 2 aliphatic heterocycles. The minimum atomic E-state index is 0.0369. The summed E-state index contributed by atoms with van der Waals surface area (Å²) < 4.78 is 10.8. The van der Waals surface area contributed by atoms with Gasteiger partial charge in [0.15, 0.2) is 0 Å². The number of hydrogen-bond donors (Lipinski definition) is 1. The van der Waals surface area contributed by atoms with E-state index in [1.165, 1.54) is 0 Å². The van der Waals surface area contributed by atoms with Crippen LogP contribution in [0.3, 0.4) is 0 Å². The zero-order valence-electron chi connectivity index (χ0n) is 15.2. The summed E-state index contributed by atoms with van der Waals surface area (Å²) in [7, 11) is 0. The molecule has 2 aromatic rings. The Morgan fingerprint density at radius 1 is 1.37 bits per heavy atom. The van der Waals surface area contributed by atoms with Gasteiger partial charge in [0.25, 0.3) is 0 Å². The van der Waals surface area contributed by atoms with E-state index in [2.05, 4.69) is 20.4 Å². The van der Waals surface area contributed by atoms with Gasteiger partial charge in [-0.1, -0.05) is 5.16 Å². The quantitative estimate of drug-likeness (QED) is 0.751. The fraction of sp³-hybridized carbons (Fsp3) is 0.611. The summed E-state index contributed by atoms with van der Waals surface area (Å²) in [6.45, 7) is 4.16. The Kier molecular flexibility index (Phi) is 6.11. The maximum Gasteiger partial charge on any atom is 0.227 e. The number of morpholine rings is 1. The van der Waals surface area contributed by atoms with Gasteiger partial charge in [0.2, 0.25) is 17.6 Å². The number of carbonyl (C=O) groups excluding carboxylic acids is 1. The number of hydrogen-bond acceptors (Lipinski definition) is 8. The first-order valence-corrected chi connectivity index (χ1v) is 11.4. The van der Waals surface area contributed by atoms with Crippen molar-refractivity contribution in [3.05, 3.63) is 22.7 Å². The van der Waals surface area contributed by atoms with E-state index in [4.69, 9.17) is 9.26 Å². The van der Waals surface area contributed by atoms with Crippen molar-refractivity contribution in [2.24, 2.45) is 0 Å². The minimum Gasteiger partial charge on any atom is -0.379 e. The molecule has 2 aliphatic rings. The molecule has 1 N–H and O–H groups in total. The second-order valence-corrected chi connectivity index (χ2v) is 8.81. The number of carbonyl (C=O) groups is 1. The third-order valence-corrected chi connectivity index (χ3v) is 7.11. The Morgan fingerprint density at radius 2 is 2.26 bits per heavy atom. The summed E-state index contributed by atoms with van der Waals surface area (Å²) in [5.41, 5.74) is 1.02. The number of ether oxygens (including phenoxy) is 1. The molecule has 9 heteroatoms. The molecular formula is C18H24N4O3S2. The van der Waals surface area contributed by atoms with Crippen LogP contribution in [-0.2, 0) is 16.0 Å². The summed E-state index contributed by atoms with van der Waals surface area (Å²) in [4.78, 5) is 19.3. The van der Waals surface area contributed by atoms with E-state index in [1.807, 2.05) is 28.6 Å². The largest absolute Gasteiger partial charge is 0.379 e. The minimum absolute atomic E-state index is 0.0369. The summed E-state index contributed by atoms with van der Waals surface area (Å²) >= 11 is 3.56. The van der Waals surface area contributed by atoms with Gasteiger partial charge in [-0.2, -0.15) is 28.1 Å². The van der Waals surface area contributed by atoms with E-state index >= 15 is 0 Å². The molecule has 4 heterocycles. The lowest BCUT2D eigenvalue weighted by molar-refractivity contribution is -0.122. The SMILES string of the molecule is O=C(CCc1nc(-c2ccsc2)no1)NCC1(N2CCOCC2)CCSC1. The van der Waals surface area contributed by atoms with Gasteiger partial charge in [-0.3, -0.25) is 9.69 Å². The summed E-state index contributed by atoms with van der Waals surface area (Å²) in [5.74, 6) is 3.35. The smallest absolute Gasteiger partial charge is 0.227 e. The molecule has 146 valence electrons. The van der Waals surface area contributed by atoms with Crippen LogP contribution in [0.5, 0.6) is 0 Å². The van der Waals surface area contributed by atoms with Crippen LogP contribution in [0, 0.1) is 0 Å². The van der Waals surface area contributed by atoms with Crippen LogP contribution in [0.25, 0.3) is 11.4 Å². The van der Waals surface area contributed by atoms with Gasteiger partial charge in [0.1, 0.15) is 0 Å². The fourth-order valence-corrected chi connectivity index (χ4v) is 5.68. The molecule has 2 fully saturated rings. The fourth-order valence-electron chi connectivity index (χ4n) is 3.57. The van der Waals surface area contributed by atoms with Crippen LogP contribution < -0.4 is 5.32 Å². The molecule has 7 nitrogen and oxygen atoms in total. The van der Waals surface area contributed by atoms with Crippen molar-refractivity contribution in [3.63, 3.8) is 0 Å². The van der Waals surface area contributed by atoms with Crippen molar-refractivity contribution in [2.45, 2.75) is 24.8 Å². The maximum absolute atomic E-state index is 12.4. The van der Waals surface area contributed by atoms with Crippen LogP contribution >= 0.6 is 23.1 Å². The Balaban J connectivity index is 1.27. The molecule has 2 aromatic heterocycles. The van der Waals surface area contributed by atoms with Gasteiger partial charge in [-0.25, -0.2) is 0 Å². The maximum atomic E-state index is 12.4. The third kappa shape index (κ3) is 4.53. The molecule has 0 saturated carbocycles. The second-order valence-electron chi connectivity index (χ2n) is 6.93. The highest BCUT2D eigenvalue weighted by atomic mass is 32.2. The van der Waals surface area contributed by atoms with Gasteiger partial charge in [0.05, 0.1) is 13.2 Å². The highest BCUT2D eigenvalue weighted by Gasteiger charge is 2.40. The highest BCUT2D eigenvalue weighted by Crippen LogP contribution is 2.33. The molecule has 4 rings (SSSR count). The standard InChI is InChI=1S/C18H24N4O3S2/c23-15(1-2-16-20-17(21-25-16)14-3-9-26-11-14)19-12-18(4-10-27-13-18)22-5-7-24-8-6-22/h3,9,11H,1-2,4-8,10,12-13H2,(H,19,23). The van der Waals surface area contributed by atoms with Crippen LogP contribution in [0.4, 0.5) is 0 Å². The van der Waals surface area contributed by atoms with Crippen molar-refractivity contribution in [1.82, 2.24) is 20.4 Å². The predicted octanol–water partition coefficient (Wildman–Crippen LogP) is 2.05. The Morgan fingerprint density at radius 3 is 3.00 bits per heavy atom. The first kappa shape index (κ1) is 18.9. The Labute approximate surface area is 166 Å². The number of thiophene rings is 1. The van der Waals surface area contributed by atoms with Crippen molar-refractivity contribution in [1.29, 1.82) is 0 Å². The average molecular weight is 409 g/mol. The normalized spacial score (nSPS) is 23.6. The second kappa shape index (κ2) is 8.72. The summed E-state index contributed by atoms with van der Waals surface area (Å²) in [6, 6.07) is 1.96. The van der Waals surface area contributed by atoms with Crippen LogP contribution in [0.2, 0.25) is 0 Å². The van der Waals surface area contributed by atoms with Crippen molar-refractivity contribution in [2.75, 3.05) is 44.4 Å². The number of nitrogens with zero attached hydrogens (tertiary/aromatic N) is 3. The molecule has 0 aromatic carbocycles. The van der Waals surface area contributed by atoms with Crippen LogP contribution in [-0.4, -0.2) is 70.8 Å². The Hall–Kier alpha value is -1.42. The lowest BCUT2D eigenvalue weighted by Crippen LogP contribution is -2.59. The first-order chi connectivity index (χ1) is 13.3. The van der Waals surface area contributed by atoms with E-state index in [9.17, 15) is 4.79 Å². The molecule has 1 amide bonds. The first-order valence-electron chi connectivity index (χ1n) is 9.28. The van der Waals surface area contributed by atoms with Crippen molar-refractivity contribution >= 4 is 29.0 Å². The molecule has 1 unspecified atom stereocenters. The molecule has 0 bridgehead atoms. The lowest BCUT2D eigenvalue weighted by atomic mass is 9.95. The summed E-state index contributed by atoms with van der Waals surface area (Å²) in [5, 5.41) is 11.1. The number of aryl methyl sites for hydroxylation is 1. The molecule has 1 atom stereocenters.